The molecule has 1 rings (SSSR count). The van der Waals surface area contributed by atoms with E-state index in [9.17, 15) is 13.6 Å². The van der Waals surface area contributed by atoms with E-state index in [0.29, 0.717) is 0 Å². The Kier molecular flexibility index (Phi) is 1.98. The molecule has 0 spiro atoms. The second-order valence-corrected chi connectivity index (χ2v) is 2.04. The lowest BCUT2D eigenvalue weighted by atomic mass is 10.4. The van der Waals surface area contributed by atoms with Gasteiger partial charge in [0.05, 0.1) is 6.20 Å². The molecule has 11 heavy (non-hydrogen) atoms. The van der Waals surface area contributed by atoms with Gasteiger partial charge in [0, 0.05) is 6.92 Å². The van der Waals surface area contributed by atoms with Gasteiger partial charge in [0.15, 0.2) is 11.6 Å². The molecular weight excluding hydrogens is 154 g/mol. The average molecular weight is 160 g/mol. The fourth-order valence-corrected chi connectivity index (χ4v) is 0.625. The van der Waals surface area contributed by atoms with Gasteiger partial charge in [-0.2, -0.15) is 0 Å². The van der Waals surface area contributed by atoms with Crippen LogP contribution in [0.1, 0.15) is 29.7 Å². The van der Waals surface area contributed by atoms with Gasteiger partial charge in [-0.3, -0.25) is 4.79 Å². The summed E-state index contributed by atoms with van der Waals surface area (Å²) in [6.07, 6.45) is -1.64. The molecule has 0 radical (unpaired) electrons. The normalized spacial score (nSPS) is 10.5. The number of hydrogen-bond acceptors (Lipinski definition) is 2. The number of aromatic amines is 1. The molecule has 0 saturated heterocycles. The third kappa shape index (κ3) is 1.60. The molecule has 0 amide bonds. The Bertz CT molecular complexity index is 269. The summed E-state index contributed by atoms with van der Waals surface area (Å²) in [4.78, 5) is 16.2. The molecule has 0 fully saturated rings. The fourth-order valence-electron chi connectivity index (χ4n) is 0.625. The summed E-state index contributed by atoms with van der Waals surface area (Å²) in [5, 5.41) is 0. The molecule has 5 heteroatoms. The van der Waals surface area contributed by atoms with Crippen molar-refractivity contribution < 1.29 is 13.6 Å². The van der Waals surface area contributed by atoms with Gasteiger partial charge >= 0.3 is 0 Å². The van der Waals surface area contributed by atoms with Gasteiger partial charge in [-0.25, -0.2) is 13.8 Å². The van der Waals surface area contributed by atoms with E-state index in [4.69, 9.17) is 0 Å². The van der Waals surface area contributed by atoms with Crippen molar-refractivity contribution >= 4 is 5.78 Å². The van der Waals surface area contributed by atoms with Crippen LogP contribution in [0.5, 0.6) is 0 Å². The summed E-state index contributed by atoms with van der Waals surface area (Å²) in [6, 6.07) is 0. The Balaban J connectivity index is 2.90. The predicted molar refractivity (Wildman–Crippen MR) is 33.5 cm³/mol. The molecule has 0 aliphatic heterocycles. The number of nitrogens with zero attached hydrogens (tertiary/aromatic N) is 1. The summed E-state index contributed by atoms with van der Waals surface area (Å²) in [5.74, 6) is -0.378. The Morgan fingerprint density at radius 1 is 1.73 bits per heavy atom. The number of Topliss-reactive ketones (excluding diaryl/α,β-unsaturated/α-hetero) is 1. The molecule has 1 aromatic rings. The molecule has 0 aromatic carbocycles. The van der Waals surface area contributed by atoms with Crippen LogP contribution >= 0.6 is 0 Å². The molecule has 0 saturated carbocycles. The summed E-state index contributed by atoms with van der Waals surface area (Å²) in [7, 11) is 0. The van der Waals surface area contributed by atoms with Crippen molar-refractivity contribution in [2.75, 3.05) is 0 Å². The SMILES string of the molecule is CC(=O)c1ncc(C(F)F)[nH]1. The maximum absolute atomic E-state index is 11.9. The fraction of sp³-hybridized carbons (Fsp3) is 0.333. The third-order valence-corrected chi connectivity index (χ3v) is 1.16. The standard InChI is InChI=1S/C6H6F2N2O/c1-3(11)6-9-2-4(10-6)5(7)8/h2,5H,1H3,(H,9,10). The molecule has 1 aromatic heterocycles. The lowest BCUT2D eigenvalue weighted by Crippen LogP contribution is -1.94. The van der Waals surface area contributed by atoms with Crippen LogP contribution < -0.4 is 0 Å². The highest BCUT2D eigenvalue weighted by molar-refractivity contribution is 5.90. The number of ketones is 1. The molecule has 0 aliphatic carbocycles. The Morgan fingerprint density at radius 3 is 2.64 bits per heavy atom. The topological polar surface area (TPSA) is 45.8 Å². The van der Waals surface area contributed by atoms with Gasteiger partial charge in [-0.1, -0.05) is 0 Å². The number of carbonyl (C=O) groups is 1. The van der Waals surface area contributed by atoms with Gasteiger partial charge in [0.2, 0.25) is 0 Å². The number of hydrogen-bond donors (Lipinski definition) is 1. The van der Waals surface area contributed by atoms with Crippen LogP contribution in [0.3, 0.4) is 0 Å². The molecule has 1 N–H and O–H groups in total. The minimum Gasteiger partial charge on any atom is -0.335 e. The highest BCUT2D eigenvalue weighted by Gasteiger charge is 2.11. The second kappa shape index (κ2) is 2.77. The minimum atomic E-state index is -2.60. The van der Waals surface area contributed by atoms with Crippen LogP contribution in [0.15, 0.2) is 6.20 Å². The van der Waals surface area contributed by atoms with Gasteiger partial charge in [-0.15, -0.1) is 0 Å². The van der Waals surface area contributed by atoms with Crippen molar-refractivity contribution in [2.45, 2.75) is 13.3 Å². The van der Waals surface area contributed by atoms with E-state index in [1.54, 1.807) is 0 Å². The van der Waals surface area contributed by atoms with Crippen molar-refractivity contribution in [3.8, 4) is 0 Å². The van der Waals surface area contributed by atoms with Crippen molar-refractivity contribution in [3.63, 3.8) is 0 Å². The van der Waals surface area contributed by atoms with E-state index in [1.165, 1.54) is 6.92 Å². The number of H-pyrrole nitrogens is 1. The van der Waals surface area contributed by atoms with Crippen LogP contribution in [0.2, 0.25) is 0 Å². The lowest BCUT2D eigenvalue weighted by molar-refractivity contribution is 0.100. The molecular formula is C6H6F2N2O. The maximum atomic E-state index is 11.9. The number of carbonyl (C=O) groups excluding carboxylic acids is 1. The van der Waals surface area contributed by atoms with Crippen molar-refractivity contribution in [1.82, 2.24) is 9.97 Å². The van der Waals surface area contributed by atoms with Crippen LogP contribution in [0.25, 0.3) is 0 Å². The molecule has 0 unspecified atom stereocenters. The van der Waals surface area contributed by atoms with Gasteiger partial charge in [0.1, 0.15) is 5.69 Å². The Morgan fingerprint density at radius 2 is 2.36 bits per heavy atom. The Labute approximate surface area is 61.4 Å². The zero-order valence-corrected chi connectivity index (χ0v) is 5.77. The highest BCUT2D eigenvalue weighted by Crippen LogP contribution is 2.15. The van der Waals surface area contributed by atoms with Gasteiger partial charge in [0.25, 0.3) is 6.43 Å². The molecule has 0 aliphatic rings. The molecule has 0 atom stereocenters. The first-order valence-corrected chi connectivity index (χ1v) is 2.95. The lowest BCUT2D eigenvalue weighted by Gasteiger charge is -1.90. The van der Waals surface area contributed by atoms with Crippen LogP contribution in [-0.2, 0) is 0 Å². The molecule has 1 heterocycles. The van der Waals surface area contributed by atoms with Crippen LogP contribution in [0.4, 0.5) is 8.78 Å². The van der Waals surface area contributed by atoms with Gasteiger partial charge < -0.3 is 4.98 Å². The van der Waals surface area contributed by atoms with Gasteiger partial charge in [-0.05, 0) is 0 Å². The Hall–Kier alpha value is -1.26. The van der Waals surface area contributed by atoms with Crippen molar-refractivity contribution in [3.05, 3.63) is 17.7 Å². The number of alkyl halides is 2. The predicted octanol–water partition coefficient (Wildman–Crippen LogP) is 1.55. The van der Waals surface area contributed by atoms with Crippen LogP contribution in [0, 0.1) is 0 Å². The summed E-state index contributed by atoms with van der Waals surface area (Å²) < 4.78 is 23.7. The van der Waals surface area contributed by atoms with Crippen molar-refractivity contribution in [1.29, 1.82) is 0 Å². The highest BCUT2D eigenvalue weighted by atomic mass is 19.3. The minimum absolute atomic E-state index is 0.0275. The summed E-state index contributed by atoms with van der Waals surface area (Å²) >= 11 is 0. The smallest absolute Gasteiger partial charge is 0.279 e. The number of nitrogens with one attached hydrogen (secondary N) is 1. The number of halogens is 2. The van der Waals surface area contributed by atoms with E-state index < -0.39 is 6.43 Å². The number of imidazole rings is 1. The molecule has 0 bridgehead atoms. The average Bonchev–Trinajstić information content (AvgIpc) is 2.33. The summed E-state index contributed by atoms with van der Waals surface area (Å²) in [6.45, 7) is 1.26. The second-order valence-electron chi connectivity index (χ2n) is 2.04. The first-order chi connectivity index (χ1) is 5.11. The third-order valence-electron chi connectivity index (χ3n) is 1.16. The zero-order valence-electron chi connectivity index (χ0n) is 5.77. The van der Waals surface area contributed by atoms with E-state index in [-0.39, 0.29) is 17.3 Å². The van der Waals surface area contributed by atoms with Crippen LogP contribution in [-0.4, -0.2) is 15.8 Å². The first-order valence-electron chi connectivity index (χ1n) is 2.95. The quantitative estimate of drug-likeness (QED) is 0.667. The monoisotopic (exact) mass is 160 g/mol. The number of aromatic nitrogens is 2. The maximum Gasteiger partial charge on any atom is 0.279 e. The summed E-state index contributed by atoms with van der Waals surface area (Å²) in [5.41, 5.74) is -0.324. The van der Waals surface area contributed by atoms with Crippen molar-refractivity contribution in [2.24, 2.45) is 0 Å². The zero-order chi connectivity index (χ0) is 8.43. The first kappa shape index (κ1) is 7.84. The molecule has 3 nitrogen and oxygen atoms in total. The van der Waals surface area contributed by atoms with E-state index >= 15 is 0 Å². The molecule has 60 valence electrons. The largest absolute Gasteiger partial charge is 0.335 e. The van der Waals surface area contributed by atoms with E-state index in [1.807, 2.05) is 0 Å². The number of rotatable bonds is 2. The van der Waals surface area contributed by atoms with E-state index in [0.717, 1.165) is 6.20 Å². The van der Waals surface area contributed by atoms with E-state index in [2.05, 4.69) is 9.97 Å².